The number of nitrogens with two attached hydrogens (primary N) is 1. The standard InChI is InChI=1S/C17H12N2O2S/c18-21-13-7-6-12-15(14(13)10-4-2-1-3-5-10)11-8-9-22-16(11)17(20)19-12/h1-9H,18H2,(H,19,20). The lowest BCUT2D eigenvalue weighted by Gasteiger charge is -2.12. The molecule has 2 aromatic heterocycles. The monoisotopic (exact) mass is 308 g/mol. The molecule has 4 rings (SSSR count). The van der Waals surface area contributed by atoms with Crippen molar-refractivity contribution in [2.75, 3.05) is 0 Å². The first-order valence-corrected chi connectivity index (χ1v) is 7.66. The van der Waals surface area contributed by atoms with E-state index in [0.29, 0.717) is 10.4 Å². The van der Waals surface area contributed by atoms with Gasteiger partial charge in [0.1, 0.15) is 4.70 Å². The van der Waals surface area contributed by atoms with Crippen molar-refractivity contribution in [2.45, 2.75) is 0 Å². The third-order valence-electron chi connectivity index (χ3n) is 3.75. The normalized spacial score (nSPS) is 11.1. The summed E-state index contributed by atoms with van der Waals surface area (Å²) in [6.45, 7) is 0. The lowest BCUT2D eigenvalue weighted by Crippen LogP contribution is -2.07. The molecule has 22 heavy (non-hydrogen) atoms. The summed E-state index contributed by atoms with van der Waals surface area (Å²) in [7, 11) is 0. The van der Waals surface area contributed by atoms with Crippen molar-refractivity contribution in [3.8, 4) is 16.9 Å². The lowest BCUT2D eigenvalue weighted by molar-refractivity contribution is 0.336. The number of hydrogen-bond acceptors (Lipinski definition) is 4. The molecular formula is C17H12N2O2S. The summed E-state index contributed by atoms with van der Waals surface area (Å²) < 4.78 is 0.707. The molecule has 0 saturated heterocycles. The second kappa shape index (κ2) is 4.98. The predicted octanol–water partition coefficient (Wildman–Crippen LogP) is 3.66. The van der Waals surface area contributed by atoms with E-state index in [0.717, 1.165) is 27.4 Å². The van der Waals surface area contributed by atoms with Crippen LogP contribution >= 0.6 is 11.3 Å². The molecule has 0 unspecified atom stereocenters. The summed E-state index contributed by atoms with van der Waals surface area (Å²) in [6, 6.07) is 15.4. The Morgan fingerprint density at radius 3 is 2.64 bits per heavy atom. The average Bonchev–Trinajstić information content (AvgIpc) is 3.05. The van der Waals surface area contributed by atoms with E-state index < -0.39 is 0 Å². The summed E-state index contributed by atoms with van der Waals surface area (Å²) in [5.41, 5.74) is 2.59. The fourth-order valence-electron chi connectivity index (χ4n) is 2.82. The van der Waals surface area contributed by atoms with Crippen molar-refractivity contribution in [2.24, 2.45) is 5.90 Å². The van der Waals surface area contributed by atoms with Gasteiger partial charge in [0.05, 0.1) is 0 Å². The van der Waals surface area contributed by atoms with E-state index >= 15 is 0 Å². The minimum absolute atomic E-state index is 0.0714. The van der Waals surface area contributed by atoms with Gasteiger partial charge < -0.3 is 9.82 Å². The highest BCUT2D eigenvalue weighted by Gasteiger charge is 2.16. The molecule has 5 heteroatoms. The molecule has 0 aliphatic rings. The van der Waals surface area contributed by atoms with Crippen LogP contribution < -0.4 is 16.3 Å². The Labute approximate surface area is 129 Å². The Hall–Kier alpha value is -2.63. The van der Waals surface area contributed by atoms with E-state index in [-0.39, 0.29) is 5.56 Å². The van der Waals surface area contributed by atoms with Gasteiger partial charge in [0, 0.05) is 21.9 Å². The van der Waals surface area contributed by atoms with Crippen molar-refractivity contribution in [3.63, 3.8) is 0 Å². The molecule has 4 aromatic rings. The van der Waals surface area contributed by atoms with E-state index in [1.807, 2.05) is 47.8 Å². The van der Waals surface area contributed by atoms with Crippen LogP contribution in [0.25, 0.3) is 32.1 Å². The predicted molar refractivity (Wildman–Crippen MR) is 90.2 cm³/mol. The fourth-order valence-corrected chi connectivity index (χ4v) is 3.61. The second-order valence-corrected chi connectivity index (χ2v) is 5.88. The zero-order valence-corrected chi connectivity index (χ0v) is 12.3. The second-order valence-electron chi connectivity index (χ2n) is 4.96. The van der Waals surface area contributed by atoms with E-state index in [9.17, 15) is 4.79 Å². The third kappa shape index (κ3) is 1.83. The Morgan fingerprint density at radius 2 is 1.86 bits per heavy atom. The molecule has 0 atom stereocenters. The number of thiophene rings is 1. The topological polar surface area (TPSA) is 68.1 Å². The number of H-pyrrole nitrogens is 1. The molecule has 0 aliphatic carbocycles. The van der Waals surface area contributed by atoms with Crippen LogP contribution in [0.5, 0.6) is 5.75 Å². The van der Waals surface area contributed by atoms with E-state index in [4.69, 9.17) is 10.7 Å². The van der Waals surface area contributed by atoms with Crippen LogP contribution in [-0.2, 0) is 0 Å². The number of fused-ring (bicyclic) bond motifs is 3. The largest absolute Gasteiger partial charge is 0.411 e. The third-order valence-corrected chi connectivity index (χ3v) is 4.66. The van der Waals surface area contributed by atoms with Gasteiger partial charge in [-0.1, -0.05) is 30.3 Å². The SMILES string of the molecule is NOc1ccc2[nH]c(=O)c3sccc3c2c1-c1ccccc1. The molecule has 108 valence electrons. The number of pyridine rings is 1. The Bertz CT molecular complexity index is 1040. The van der Waals surface area contributed by atoms with E-state index in [1.54, 1.807) is 6.07 Å². The van der Waals surface area contributed by atoms with Gasteiger partial charge in [-0.05, 0) is 29.1 Å². The number of benzene rings is 2. The molecule has 4 nitrogen and oxygen atoms in total. The van der Waals surface area contributed by atoms with Crippen LogP contribution in [0.15, 0.2) is 58.7 Å². The van der Waals surface area contributed by atoms with Gasteiger partial charge in [-0.15, -0.1) is 11.3 Å². The minimum atomic E-state index is -0.0714. The molecule has 0 amide bonds. The maximum Gasteiger partial charge on any atom is 0.266 e. The van der Waals surface area contributed by atoms with Crippen LogP contribution in [0.3, 0.4) is 0 Å². The van der Waals surface area contributed by atoms with Crippen LogP contribution in [0.2, 0.25) is 0 Å². The molecule has 0 spiro atoms. The summed E-state index contributed by atoms with van der Waals surface area (Å²) in [4.78, 5) is 20.2. The van der Waals surface area contributed by atoms with E-state index in [2.05, 4.69) is 4.98 Å². The highest BCUT2D eigenvalue weighted by atomic mass is 32.1. The Balaban J connectivity index is 2.26. The fraction of sp³-hybridized carbons (Fsp3) is 0. The average molecular weight is 308 g/mol. The summed E-state index contributed by atoms with van der Waals surface area (Å²) >= 11 is 1.43. The van der Waals surface area contributed by atoms with Crippen molar-refractivity contribution >= 4 is 32.3 Å². The van der Waals surface area contributed by atoms with Crippen molar-refractivity contribution < 1.29 is 4.84 Å². The van der Waals surface area contributed by atoms with Crippen LogP contribution in [0.1, 0.15) is 0 Å². The molecule has 2 heterocycles. The molecule has 0 saturated carbocycles. The lowest BCUT2D eigenvalue weighted by atomic mass is 9.97. The Kier molecular flexibility index (Phi) is 2.96. The highest BCUT2D eigenvalue weighted by molar-refractivity contribution is 7.17. The van der Waals surface area contributed by atoms with Gasteiger partial charge in [-0.25, -0.2) is 0 Å². The quantitative estimate of drug-likeness (QED) is 0.555. The highest BCUT2D eigenvalue weighted by Crippen LogP contribution is 2.39. The van der Waals surface area contributed by atoms with E-state index in [1.165, 1.54) is 11.3 Å². The number of aromatic nitrogens is 1. The smallest absolute Gasteiger partial charge is 0.266 e. The first kappa shape index (κ1) is 13.1. The molecule has 2 aromatic carbocycles. The number of nitrogens with one attached hydrogen (secondary N) is 1. The van der Waals surface area contributed by atoms with Crippen LogP contribution in [0.4, 0.5) is 0 Å². The Morgan fingerprint density at radius 1 is 1.05 bits per heavy atom. The maximum atomic E-state index is 12.2. The number of hydrogen-bond donors (Lipinski definition) is 2. The molecule has 0 fully saturated rings. The summed E-state index contributed by atoms with van der Waals surface area (Å²) in [5.74, 6) is 6.04. The van der Waals surface area contributed by atoms with Crippen molar-refractivity contribution in [1.82, 2.24) is 4.98 Å². The molecule has 0 aliphatic heterocycles. The first-order chi connectivity index (χ1) is 10.8. The van der Waals surface area contributed by atoms with Gasteiger partial charge in [-0.3, -0.25) is 4.79 Å². The van der Waals surface area contributed by atoms with Gasteiger partial charge in [0.25, 0.3) is 5.56 Å². The van der Waals surface area contributed by atoms with Crippen LogP contribution in [0, 0.1) is 0 Å². The van der Waals surface area contributed by atoms with Gasteiger partial charge in [0.2, 0.25) is 0 Å². The summed E-state index contributed by atoms with van der Waals surface area (Å²) in [6.07, 6.45) is 0. The molecular weight excluding hydrogens is 296 g/mol. The number of rotatable bonds is 2. The minimum Gasteiger partial charge on any atom is -0.411 e. The number of aromatic amines is 1. The van der Waals surface area contributed by atoms with Gasteiger partial charge in [0.15, 0.2) is 5.75 Å². The zero-order valence-electron chi connectivity index (χ0n) is 11.5. The van der Waals surface area contributed by atoms with Gasteiger partial charge >= 0.3 is 0 Å². The maximum absolute atomic E-state index is 12.2. The van der Waals surface area contributed by atoms with Crippen molar-refractivity contribution in [3.05, 3.63) is 64.3 Å². The molecule has 0 bridgehead atoms. The first-order valence-electron chi connectivity index (χ1n) is 6.78. The zero-order chi connectivity index (χ0) is 15.1. The molecule has 3 N–H and O–H groups in total. The van der Waals surface area contributed by atoms with Crippen molar-refractivity contribution in [1.29, 1.82) is 0 Å². The van der Waals surface area contributed by atoms with Crippen LogP contribution in [-0.4, -0.2) is 4.98 Å². The van der Waals surface area contributed by atoms with Gasteiger partial charge in [-0.2, -0.15) is 5.90 Å². The molecule has 0 radical (unpaired) electrons. The summed E-state index contributed by atoms with van der Waals surface area (Å²) in [5, 5.41) is 3.79.